The molecule has 0 bridgehead atoms. The highest BCUT2D eigenvalue weighted by atomic mass is 79.9. The molecule has 1 fully saturated rings. The first kappa shape index (κ1) is 14.8. The molecule has 3 nitrogen and oxygen atoms in total. The molecule has 0 aromatic heterocycles. The number of amides is 1. The van der Waals surface area contributed by atoms with Crippen LogP contribution in [0.25, 0.3) is 0 Å². The number of hydrogen-bond acceptors (Lipinski definition) is 2. The van der Waals surface area contributed by atoms with Gasteiger partial charge in [-0.1, -0.05) is 18.0 Å². The minimum atomic E-state index is -0.0617. The first-order valence-electron chi connectivity index (χ1n) is 6.51. The molecule has 0 radical (unpaired) electrons. The van der Waals surface area contributed by atoms with Crippen LogP contribution in [0.3, 0.4) is 0 Å². The van der Waals surface area contributed by atoms with Gasteiger partial charge in [-0.05, 0) is 60.6 Å². The molecule has 2 rings (SSSR count). The normalized spacial score (nSPS) is 20.3. The number of hydrogen-bond donors (Lipinski definition) is 1. The molecule has 1 unspecified atom stereocenters. The van der Waals surface area contributed by atoms with Crippen LogP contribution in [0, 0.1) is 0 Å². The van der Waals surface area contributed by atoms with Crippen LogP contribution in [0.15, 0.2) is 22.7 Å². The van der Waals surface area contributed by atoms with E-state index in [-0.39, 0.29) is 5.91 Å². The lowest BCUT2D eigenvalue weighted by Crippen LogP contribution is -2.44. The van der Waals surface area contributed by atoms with Gasteiger partial charge in [0.2, 0.25) is 0 Å². The average molecular weight is 346 g/mol. The molecule has 0 aliphatic carbocycles. The molecular weight excluding hydrogens is 328 g/mol. The van der Waals surface area contributed by atoms with Crippen molar-refractivity contribution in [1.82, 2.24) is 10.2 Å². The minimum Gasteiger partial charge on any atom is -0.350 e. The summed E-state index contributed by atoms with van der Waals surface area (Å²) in [6.07, 6.45) is 3.65. The predicted molar refractivity (Wildman–Crippen MR) is 81.8 cm³/mol. The van der Waals surface area contributed by atoms with Crippen LogP contribution >= 0.6 is 27.5 Å². The molecule has 1 saturated heterocycles. The topological polar surface area (TPSA) is 32.3 Å². The van der Waals surface area contributed by atoms with E-state index in [0.717, 1.165) is 17.4 Å². The summed E-state index contributed by atoms with van der Waals surface area (Å²) in [6, 6.07) is 5.70. The minimum absolute atomic E-state index is 0.0617. The lowest BCUT2D eigenvalue weighted by molar-refractivity contribution is 0.0928. The Morgan fingerprint density at radius 2 is 2.32 bits per heavy atom. The zero-order chi connectivity index (χ0) is 13.8. The zero-order valence-electron chi connectivity index (χ0n) is 11.0. The molecule has 1 aromatic rings. The fraction of sp³-hybridized carbons (Fsp3) is 0.500. The van der Waals surface area contributed by atoms with E-state index in [1.807, 2.05) is 0 Å². The van der Waals surface area contributed by atoms with Crippen molar-refractivity contribution in [3.63, 3.8) is 0 Å². The summed E-state index contributed by atoms with van der Waals surface area (Å²) in [7, 11) is 2.12. The summed E-state index contributed by atoms with van der Waals surface area (Å²) < 4.78 is 0.803. The summed E-state index contributed by atoms with van der Waals surface area (Å²) in [4.78, 5) is 14.4. The van der Waals surface area contributed by atoms with E-state index >= 15 is 0 Å². The highest BCUT2D eigenvalue weighted by Gasteiger charge is 2.19. The van der Waals surface area contributed by atoms with Crippen molar-refractivity contribution < 1.29 is 4.79 Å². The van der Waals surface area contributed by atoms with Gasteiger partial charge >= 0.3 is 0 Å². The van der Waals surface area contributed by atoms with E-state index in [2.05, 4.69) is 33.2 Å². The van der Waals surface area contributed by atoms with Gasteiger partial charge in [0.15, 0.2) is 0 Å². The molecule has 19 heavy (non-hydrogen) atoms. The van der Waals surface area contributed by atoms with E-state index in [4.69, 9.17) is 11.6 Å². The van der Waals surface area contributed by atoms with Crippen LogP contribution in [-0.2, 0) is 0 Å². The van der Waals surface area contributed by atoms with Gasteiger partial charge < -0.3 is 10.2 Å². The molecule has 1 aromatic carbocycles. The van der Waals surface area contributed by atoms with Crippen LogP contribution in [0.4, 0.5) is 0 Å². The van der Waals surface area contributed by atoms with Gasteiger partial charge in [-0.2, -0.15) is 0 Å². The Morgan fingerprint density at radius 1 is 1.53 bits per heavy atom. The number of carbonyl (C=O) groups excluding carboxylic acids is 1. The molecule has 1 aliphatic heterocycles. The Hall–Kier alpha value is -0.580. The molecule has 5 heteroatoms. The van der Waals surface area contributed by atoms with E-state index in [1.165, 1.54) is 12.8 Å². The number of benzene rings is 1. The number of halogens is 2. The fourth-order valence-corrected chi connectivity index (χ4v) is 2.78. The Labute approximate surface area is 127 Å². The van der Waals surface area contributed by atoms with Crippen molar-refractivity contribution >= 4 is 33.4 Å². The van der Waals surface area contributed by atoms with E-state index < -0.39 is 0 Å². The Kier molecular flexibility index (Phi) is 5.25. The smallest absolute Gasteiger partial charge is 0.251 e. The summed E-state index contributed by atoms with van der Waals surface area (Å²) in [6.45, 7) is 1.81. The molecular formula is C14H18BrClN2O. The number of carbonyl (C=O) groups is 1. The maximum atomic E-state index is 12.1. The van der Waals surface area contributed by atoms with Gasteiger partial charge in [0.25, 0.3) is 5.91 Å². The summed E-state index contributed by atoms with van der Waals surface area (Å²) in [5.41, 5.74) is 0.603. The number of piperidine rings is 1. The van der Waals surface area contributed by atoms with Crippen molar-refractivity contribution in [3.05, 3.63) is 33.3 Å². The average Bonchev–Trinajstić information content (AvgIpc) is 2.40. The first-order chi connectivity index (χ1) is 9.08. The Balaban J connectivity index is 1.91. The molecule has 0 spiro atoms. The number of likely N-dealkylation sites (tertiary alicyclic amines) is 1. The van der Waals surface area contributed by atoms with Gasteiger partial charge in [-0.3, -0.25) is 4.79 Å². The molecule has 104 valence electrons. The van der Waals surface area contributed by atoms with E-state index in [0.29, 0.717) is 23.2 Å². The van der Waals surface area contributed by atoms with Crippen LogP contribution in [0.5, 0.6) is 0 Å². The number of rotatable bonds is 3. The van der Waals surface area contributed by atoms with E-state index in [9.17, 15) is 4.79 Å². The molecule has 1 N–H and O–H groups in total. The maximum Gasteiger partial charge on any atom is 0.251 e. The Morgan fingerprint density at radius 3 is 3.00 bits per heavy atom. The van der Waals surface area contributed by atoms with Crippen molar-refractivity contribution in [2.45, 2.75) is 25.3 Å². The van der Waals surface area contributed by atoms with Gasteiger partial charge in [0.1, 0.15) is 0 Å². The SMILES string of the molecule is CN1CCCCC1CNC(=O)c1ccc(Br)c(Cl)c1. The highest BCUT2D eigenvalue weighted by Crippen LogP contribution is 2.23. The molecule has 1 amide bonds. The number of nitrogens with zero attached hydrogens (tertiary/aromatic N) is 1. The standard InChI is InChI=1S/C14H18BrClN2O/c1-18-7-3-2-4-11(18)9-17-14(19)10-5-6-12(15)13(16)8-10/h5-6,8,11H,2-4,7,9H2,1H3,(H,17,19). The monoisotopic (exact) mass is 344 g/mol. The zero-order valence-corrected chi connectivity index (χ0v) is 13.3. The quantitative estimate of drug-likeness (QED) is 0.911. The van der Waals surface area contributed by atoms with Crippen LogP contribution in [0.2, 0.25) is 5.02 Å². The second-order valence-electron chi connectivity index (χ2n) is 4.97. The second kappa shape index (κ2) is 6.73. The van der Waals surface area contributed by atoms with Gasteiger partial charge in [-0.25, -0.2) is 0 Å². The van der Waals surface area contributed by atoms with Crippen LogP contribution in [0.1, 0.15) is 29.6 Å². The Bertz CT molecular complexity index is 467. The van der Waals surface area contributed by atoms with Crippen molar-refractivity contribution in [2.24, 2.45) is 0 Å². The lowest BCUT2D eigenvalue weighted by atomic mass is 10.0. The van der Waals surface area contributed by atoms with Gasteiger partial charge in [0, 0.05) is 22.6 Å². The number of nitrogens with one attached hydrogen (secondary N) is 1. The van der Waals surface area contributed by atoms with Crippen LogP contribution in [-0.4, -0.2) is 37.0 Å². The predicted octanol–water partition coefficient (Wildman–Crippen LogP) is 3.32. The third kappa shape index (κ3) is 3.94. The summed E-state index contributed by atoms with van der Waals surface area (Å²) in [5, 5.41) is 3.55. The summed E-state index contributed by atoms with van der Waals surface area (Å²) >= 11 is 9.31. The first-order valence-corrected chi connectivity index (χ1v) is 7.68. The summed E-state index contributed by atoms with van der Waals surface area (Å²) in [5.74, 6) is -0.0617. The third-order valence-electron chi connectivity index (χ3n) is 3.60. The largest absolute Gasteiger partial charge is 0.350 e. The second-order valence-corrected chi connectivity index (χ2v) is 6.23. The maximum absolute atomic E-state index is 12.1. The van der Waals surface area contributed by atoms with Gasteiger partial charge in [0.05, 0.1) is 5.02 Å². The molecule has 1 heterocycles. The third-order valence-corrected chi connectivity index (χ3v) is 4.83. The van der Waals surface area contributed by atoms with Gasteiger partial charge in [-0.15, -0.1) is 0 Å². The molecule has 1 atom stereocenters. The van der Waals surface area contributed by atoms with Crippen molar-refractivity contribution in [2.75, 3.05) is 20.1 Å². The molecule has 0 saturated carbocycles. The fourth-order valence-electron chi connectivity index (χ4n) is 2.35. The van der Waals surface area contributed by atoms with E-state index in [1.54, 1.807) is 18.2 Å². The lowest BCUT2D eigenvalue weighted by Gasteiger charge is -2.32. The molecule has 1 aliphatic rings. The van der Waals surface area contributed by atoms with Crippen molar-refractivity contribution in [1.29, 1.82) is 0 Å². The number of likely N-dealkylation sites (N-methyl/N-ethyl adjacent to an activating group) is 1. The van der Waals surface area contributed by atoms with Crippen LogP contribution < -0.4 is 5.32 Å². The van der Waals surface area contributed by atoms with Crippen molar-refractivity contribution in [3.8, 4) is 0 Å². The highest BCUT2D eigenvalue weighted by molar-refractivity contribution is 9.10.